The highest BCUT2D eigenvalue weighted by Gasteiger charge is 2.12. The molecule has 0 fully saturated rings. The van der Waals surface area contributed by atoms with Crippen LogP contribution in [0.4, 0.5) is 4.79 Å². The van der Waals surface area contributed by atoms with Crippen LogP contribution in [0.3, 0.4) is 0 Å². The van der Waals surface area contributed by atoms with E-state index >= 15 is 0 Å². The van der Waals surface area contributed by atoms with Crippen LogP contribution in [-0.2, 0) is 4.74 Å². The second kappa shape index (κ2) is 5.47. The van der Waals surface area contributed by atoms with Gasteiger partial charge < -0.3 is 4.74 Å². The van der Waals surface area contributed by atoms with Gasteiger partial charge in [-0.2, -0.15) is 0 Å². The average molecular weight is 195 g/mol. The smallest absolute Gasteiger partial charge is 0.417 e. The van der Waals surface area contributed by atoms with E-state index in [4.69, 9.17) is 0 Å². The third-order valence-electron chi connectivity index (χ3n) is 2.26. The maximum Gasteiger partial charge on any atom is 0.417 e. The molecule has 0 aromatic heterocycles. The molecule has 14 heavy (non-hydrogen) atoms. The number of unbranched alkanes of at least 4 members (excludes halogenated alkanes) is 1. The molecule has 0 spiro atoms. The molecule has 0 aliphatic carbocycles. The minimum atomic E-state index is -0.341. The van der Waals surface area contributed by atoms with Crippen molar-refractivity contribution < 1.29 is 9.53 Å². The number of allylic oxidation sites excluding steroid dienone is 2. The molecule has 0 aromatic rings. The van der Waals surface area contributed by atoms with Crippen molar-refractivity contribution in [3.05, 3.63) is 24.6 Å². The minimum Gasteiger partial charge on any atom is -0.452 e. The van der Waals surface area contributed by atoms with Gasteiger partial charge in [0.25, 0.3) is 0 Å². The molecular weight excluding hydrogens is 178 g/mol. The lowest BCUT2D eigenvalue weighted by Gasteiger charge is -2.18. The molecule has 0 atom stereocenters. The number of amides is 1. The van der Waals surface area contributed by atoms with Gasteiger partial charge in [-0.05, 0) is 12.3 Å². The van der Waals surface area contributed by atoms with Crippen LogP contribution < -0.4 is 0 Å². The third-order valence-corrected chi connectivity index (χ3v) is 2.26. The van der Waals surface area contributed by atoms with Gasteiger partial charge >= 0.3 is 6.09 Å². The van der Waals surface area contributed by atoms with Crippen molar-refractivity contribution in [3.8, 4) is 0 Å². The largest absolute Gasteiger partial charge is 0.452 e. The SMILES string of the molecule is CCCCC1C=CN(C(=O)OC)C=C1. The van der Waals surface area contributed by atoms with Crippen LogP contribution in [0.1, 0.15) is 26.2 Å². The molecule has 0 saturated carbocycles. The Hall–Kier alpha value is -1.25. The number of carbonyl (C=O) groups excluding carboxylic acids is 1. The summed E-state index contributed by atoms with van der Waals surface area (Å²) in [5.74, 6) is 0.468. The van der Waals surface area contributed by atoms with E-state index in [1.165, 1.54) is 24.9 Å². The van der Waals surface area contributed by atoms with Crippen molar-refractivity contribution in [2.45, 2.75) is 26.2 Å². The summed E-state index contributed by atoms with van der Waals surface area (Å²) in [6.45, 7) is 2.18. The van der Waals surface area contributed by atoms with E-state index in [1.807, 2.05) is 12.2 Å². The zero-order valence-electron chi connectivity index (χ0n) is 8.77. The summed E-state index contributed by atoms with van der Waals surface area (Å²) in [6.07, 6.45) is 10.8. The number of hydrogen-bond acceptors (Lipinski definition) is 2. The van der Waals surface area contributed by atoms with Crippen LogP contribution >= 0.6 is 0 Å². The predicted octanol–water partition coefficient (Wildman–Crippen LogP) is 2.90. The molecule has 0 aromatic carbocycles. The lowest BCUT2D eigenvalue weighted by Crippen LogP contribution is -2.22. The Bertz CT molecular complexity index is 232. The highest BCUT2D eigenvalue weighted by atomic mass is 16.5. The summed E-state index contributed by atoms with van der Waals surface area (Å²) in [6, 6.07) is 0. The minimum absolute atomic E-state index is 0.341. The molecule has 1 aliphatic heterocycles. The van der Waals surface area contributed by atoms with E-state index in [-0.39, 0.29) is 6.09 Å². The molecule has 3 heteroatoms. The van der Waals surface area contributed by atoms with Crippen molar-refractivity contribution in [3.63, 3.8) is 0 Å². The Balaban J connectivity index is 2.40. The number of nitrogens with zero attached hydrogens (tertiary/aromatic N) is 1. The quantitative estimate of drug-likeness (QED) is 0.693. The first-order chi connectivity index (χ1) is 6.77. The van der Waals surface area contributed by atoms with Gasteiger partial charge in [-0.1, -0.05) is 31.9 Å². The van der Waals surface area contributed by atoms with Crippen LogP contribution in [0, 0.1) is 5.92 Å². The summed E-state index contributed by atoms with van der Waals surface area (Å²) in [7, 11) is 1.38. The second-order valence-electron chi connectivity index (χ2n) is 3.37. The van der Waals surface area contributed by atoms with Crippen LogP contribution in [0.2, 0.25) is 0 Å². The molecule has 1 amide bonds. The van der Waals surface area contributed by atoms with Gasteiger partial charge in [0.1, 0.15) is 0 Å². The second-order valence-corrected chi connectivity index (χ2v) is 3.37. The highest BCUT2D eigenvalue weighted by molar-refractivity contribution is 5.70. The molecule has 0 saturated heterocycles. The normalized spacial score (nSPS) is 16.0. The number of methoxy groups -OCH3 is 1. The molecule has 0 N–H and O–H groups in total. The standard InChI is InChI=1S/C11H17NO2/c1-3-4-5-10-6-8-12(9-7-10)11(13)14-2/h6-10H,3-5H2,1-2H3. The first-order valence-electron chi connectivity index (χ1n) is 5.01. The Labute approximate surface area is 85.0 Å². The van der Waals surface area contributed by atoms with Crippen molar-refractivity contribution >= 4 is 6.09 Å². The fourth-order valence-corrected chi connectivity index (χ4v) is 1.38. The fraction of sp³-hybridized carbons (Fsp3) is 0.545. The molecule has 0 bridgehead atoms. The van der Waals surface area contributed by atoms with Crippen LogP contribution in [0.15, 0.2) is 24.6 Å². The van der Waals surface area contributed by atoms with Gasteiger partial charge in [0, 0.05) is 12.4 Å². The van der Waals surface area contributed by atoms with E-state index in [2.05, 4.69) is 11.7 Å². The van der Waals surface area contributed by atoms with Gasteiger partial charge in [0.05, 0.1) is 7.11 Å². The zero-order valence-corrected chi connectivity index (χ0v) is 8.77. The van der Waals surface area contributed by atoms with E-state index in [0.717, 1.165) is 6.42 Å². The first kappa shape index (κ1) is 10.8. The Morgan fingerprint density at radius 2 is 2.07 bits per heavy atom. The average Bonchev–Trinajstić information content (AvgIpc) is 2.26. The predicted molar refractivity (Wildman–Crippen MR) is 55.5 cm³/mol. The molecule has 0 unspecified atom stereocenters. The third kappa shape index (κ3) is 2.91. The summed E-state index contributed by atoms with van der Waals surface area (Å²) >= 11 is 0. The Morgan fingerprint density at radius 3 is 2.57 bits per heavy atom. The Morgan fingerprint density at radius 1 is 1.43 bits per heavy atom. The van der Waals surface area contributed by atoms with Crippen LogP contribution in [-0.4, -0.2) is 18.1 Å². The Kier molecular flexibility index (Phi) is 4.23. The van der Waals surface area contributed by atoms with E-state index in [1.54, 1.807) is 12.4 Å². The summed E-state index contributed by atoms with van der Waals surface area (Å²) in [5.41, 5.74) is 0. The monoisotopic (exact) mass is 195 g/mol. The number of rotatable bonds is 3. The molecule has 1 heterocycles. The maximum atomic E-state index is 11.1. The van der Waals surface area contributed by atoms with E-state index in [0.29, 0.717) is 5.92 Å². The van der Waals surface area contributed by atoms with Gasteiger partial charge in [0.2, 0.25) is 0 Å². The fourth-order valence-electron chi connectivity index (χ4n) is 1.38. The topological polar surface area (TPSA) is 29.5 Å². The summed E-state index contributed by atoms with van der Waals surface area (Å²) < 4.78 is 4.59. The molecule has 1 rings (SSSR count). The lowest BCUT2D eigenvalue weighted by molar-refractivity contribution is 0.151. The van der Waals surface area contributed by atoms with Crippen molar-refractivity contribution in [2.75, 3.05) is 7.11 Å². The molecule has 78 valence electrons. The zero-order chi connectivity index (χ0) is 10.4. The van der Waals surface area contributed by atoms with E-state index in [9.17, 15) is 4.79 Å². The first-order valence-corrected chi connectivity index (χ1v) is 5.01. The van der Waals surface area contributed by atoms with Crippen molar-refractivity contribution in [2.24, 2.45) is 5.92 Å². The van der Waals surface area contributed by atoms with Crippen molar-refractivity contribution in [1.29, 1.82) is 0 Å². The molecule has 0 radical (unpaired) electrons. The summed E-state index contributed by atoms with van der Waals surface area (Å²) in [4.78, 5) is 12.5. The molecular formula is C11H17NO2. The van der Waals surface area contributed by atoms with Gasteiger partial charge in [-0.25, -0.2) is 4.79 Å². The van der Waals surface area contributed by atoms with Gasteiger partial charge in [0.15, 0.2) is 0 Å². The highest BCUT2D eigenvalue weighted by Crippen LogP contribution is 2.16. The van der Waals surface area contributed by atoms with Crippen LogP contribution in [0.5, 0.6) is 0 Å². The van der Waals surface area contributed by atoms with Gasteiger partial charge in [-0.15, -0.1) is 0 Å². The lowest BCUT2D eigenvalue weighted by atomic mass is 10.0. The number of hydrogen-bond donors (Lipinski definition) is 0. The number of ether oxygens (including phenoxy) is 1. The number of carbonyl (C=O) groups is 1. The molecule has 1 aliphatic rings. The molecule has 3 nitrogen and oxygen atoms in total. The van der Waals surface area contributed by atoms with Gasteiger partial charge in [-0.3, -0.25) is 4.90 Å². The van der Waals surface area contributed by atoms with Crippen molar-refractivity contribution in [1.82, 2.24) is 4.90 Å². The summed E-state index contributed by atoms with van der Waals surface area (Å²) in [5, 5.41) is 0. The van der Waals surface area contributed by atoms with Crippen LogP contribution in [0.25, 0.3) is 0 Å². The maximum absolute atomic E-state index is 11.1. The van der Waals surface area contributed by atoms with E-state index < -0.39 is 0 Å².